The lowest BCUT2D eigenvalue weighted by Crippen LogP contribution is -2.43. The normalized spacial score (nSPS) is 12.3. The minimum Gasteiger partial charge on any atom is -0.463 e. The zero-order valence-electron chi connectivity index (χ0n) is 20.7. The summed E-state index contributed by atoms with van der Waals surface area (Å²) in [5, 5.41) is 9.23. The molecular weight excluding hydrogens is 476 g/mol. The number of hydrogen-bond acceptors (Lipinski definition) is 8. The fourth-order valence-electron chi connectivity index (χ4n) is 3.72. The molecule has 1 unspecified atom stereocenters. The first-order valence-electron chi connectivity index (χ1n) is 11.9. The Kier molecular flexibility index (Phi) is 9.68. The summed E-state index contributed by atoms with van der Waals surface area (Å²) in [6.07, 6.45) is -0.992. The van der Waals surface area contributed by atoms with Crippen LogP contribution >= 0.6 is 0 Å². The number of amides is 1. The summed E-state index contributed by atoms with van der Waals surface area (Å²) in [6.45, 7) is 2.67. The third kappa shape index (κ3) is 7.84. The molecule has 2 aromatic carbocycles. The van der Waals surface area contributed by atoms with Gasteiger partial charge in [0.05, 0.1) is 13.2 Å². The summed E-state index contributed by atoms with van der Waals surface area (Å²) in [5.74, 6) is -2.32. The van der Waals surface area contributed by atoms with E-state index in [0.717, 1.165) is 16.7 Å². The highest BCUT2D eigenvalue weighted by Gasteiger charge is 2.29. The number of Topliss-reactive ketones (excluding diaryl/α,β-unsaturated/α-hetero) is 1. The SMILES string of the molecule is CCOC(=O)C(C[C@@H](Cc1ccc(-c2ccccc2)cc1)NC(=O)c1cc(C(C)=O)n[nH]1)OC(=O)CN. The van der Waals surface area contributed by atoms with Crippen LogP contribution in [0.25, 0.3) is 11.1 Å². The van der Waals surface area contributed by atoms with E-state index in [2.05, 4.69) is 15.5 Å². The summed E-state index contributed by atoms with van der Waals surface area (Å²) in [4.78, 5) is 48.9. The maximum Gasteiger partial charge on any atom is 0.347 e. The maximum atomic E-state index is 12.9. The molecule has 3 rings (SSSR count). The minimum atomic E-state index is -1.26. The first kappa shape index (κ1) is 27.3. The molecule has 10 heteroatoms. The standard InChI is InChI=1S/C27H30N4O6/c1-3-36-27(35)24(37-25(33)16-28)14-21(29-26(34)23-15-22(17(2)32)30-31-23)13-18-9-11-20(12-10-18)19-7-5-4-6-8-19/h4-12,15,21,24H,3,13-14,16,28H2,1-2H3,(H,29,34)(H,30,31)/t21-,24?/m1/s1. The van der Waals surface area contributed by atoms with E-state index in [1.807, 2.05) is 54.6 Å². The Bertz CT molecular complexity index is 1220. The van der Waals surface area contributed by atoms with Crippen molar-refractivity contribution in [2.24, 2.45) is 5.73 Å². The highest BCUT2D eigenvalue weighted by Crippen LogP contribution is 2.21. The first-order chi connectivity index (χ1) is 17.8. The molecule has 0 saturated heterocycles. The number of carbonyl (C=O) groups excluding carboxylic acids is 4. The van der Waals surface area contributed by atoms with Gasteiger partial charge in [-0.15, -0.1) is 0 Å². The molecule has 0 fully saturated rings. The van der Waals surface area contributed by atoms with E-state index in [1.54, 1.807) is 6.92 Å². The molecule has 3 aromatic rings. The second-order valence-electron chi connectivity index (χ2n) is 8.33. The predicted molar refractivity (Wildman–Crippen MR) is 136 cm³/mol. The molecule has 1 aromatic heterocycles. The lowest BCUT2D eigenvalue weighted by atomic mass is 9.97. The summed E-state index contributed by atoms with van der Waals surface area (Å²) < 4.78 is 10.3. The number of nitrogens with two attached hydrogens (primary N) is 1. The fraction of sp³-hybridized carbons (Fsp3) is 0.296. The van der Waals surface area contributed by atoms with Crippen molar-refractivity contribution in [3.05, 3.63) is 77.6 Å². The summed E-state index contributed by atoms with van der Waals surface area (Å²) in [5.41, 5.74) is 8.54. The average molecular weight is 507 g/mol. The molecule has 0 radical (unpaired) electrons. The van der Waals surface area contributed by atoms with Crippen molar-refractivity contribution in [1.82, 2.24) is 15.5 Å². The van der Waals surface area contributed by atoms with Gasteiger partial charge in [0.25, 0.3) is 5.91 Å². The summed E-state index contributed by atoms with van der Waals surface area (Å²) >= 11 is 0. The number of aromatic nitrogens is 2. The van der Waals surface area contributed by atoms with Crippen LogP contribution in [-0.2, 0) is 25.5 Å². The van der Waals surface area contributed by atoms with Gasteiger partial charge in [0, 0.05) is 19.4 Å². The van der Waals surface area contributed by atoms with E-state index >= 15 is 0 Å². The smallest absolute Gasteiger partial charge is 0.347 e. The molecule has 0 spiro atoms. The monoisotopic (exact) mass is 506 g/mol. The number of esters is 2. The van der Waals surface area contributed by atoms with Gasteiger partial charge in [0.2, 0.25) is 6.10 Å². The number of H-pyrrole nitrogens is 1. The van der Waals surface area contributed by atoms with Gasteiger partial charge in [-0.3, -0.25) is 19.5 Å². The molecule has 4 N–H and O–H groups in total. The highest BCUT2D eigenvalue weighted by atomic mass is 16.6. The number of ether oxygens (including phenoxy) is 2. The molecular formula is C27H30N4O6. The van der Waals surface area contributed by atoms with Crippen LogP contribution in [0, 0.1) is 0 Å². The van der Waals surface area contributed by atoms with Crippen LogP contribution in [0.1, 0.15) is 46.8 Å². The van der Waals surface area contributed by atoms with Crippen molar-refractivity contribution in [3.63, 3.8) is 0 Å². The van der Waals surface area contributed by atoms with E-state index in [-0.39, 0.29) is 30.2 Å². The Balaban J connectivity index is 1.83. The molecule has 0 aliphatic carbocycles. The van der Waals surface area contributed by atoms with E-state index < -0.39 is 36.5 Å². The van der Waals surface area contributed by atoms with E-state index in [0.29, 0.717) is 6.42 Å². The van der Waals surface area contributed by atoms with Gasteiger partial charge >= 0.3 is 11.9 Å². The lowest BCUT2D eigenvalue weighted by molar-refractivity contribution is -0.167. The molecule has 37 heavy (non-hydrogen) atoms. The van der Waals surface area contributed by atoms with Crippen LogP contribution in [-0.4, -0.2) is 59.1 Å². The molecule has 0 bridgehead atoms. The highest BCUT2D eigenvalue weighted by molar-refractivity contribution is 5.97. The van der Waals surface area contributed by atoms with Crippen molar-refractivity contribution in [1.29, 1.82) is 0 Å². The van der Waals surface area contributed by atoms with Gasteiger partial charge in [0.15, 0.2) is 5.78 Å². The Morgan fingerprint density at radius 1 is 1.03 bits per heavy atom. The number of hydrogen-bond donors (Lipinski definition) is 3. The average Bonchev–Trinajstić information content (AvgIpc) is 3.40. The van der Waals surface area contributed by atoms with Crippen molar-refractivity contribution in [2.75, 3.05) is 13.2 Å². The van der Waals surface area contributed by atoms with Gasteiger partial charge < -0.3 is 20.5 Å². The Morgan fingerprint density at radius 2 is 1.70 bits per heavy atom. The van der Waals surface area contributed by atoms with Gasteiger partial charge in [-0.25, -0.2) is 4.79 Å². The zero-order chi connectivity index (χ0) is 26.8. The summed E-state index contributed by atoms with van der Waals surface area (Å²) in [7, 11) is 0. The first-order valence-corrected chi connectivity index (χ1v) is 11.9. The third-order valence-corrected chi connectivity index (χ3v) is 5.55. The van der Waals surface area contributed by atoms with Gasteiger partial charge in [-0.05, 0) is 36.1 Å². The molecule has 0 aliphatic rings. The number of rotatable bonds is 12. The Morgan fingerprint density at radius 3 is 2.30 bits per heavy atom. The molecule has 0 aliphatic heterocycles. The number of nitrogens with one attached hydrogen (secondary N) is 2. The molecule has 10 nitrogen and oxygen atoms in total. The Hall–Kier alpha value is -4.31. The molecule has 1 amide bonds. The molecule has 1 heterocycles. The van der Waals surface area contributed by atoms with E-state index in [9.17, 15) is 19.2 Å². The van der Waals surface area contributed by atoms with Crippen LogP contribution in [0.5, 0.6) is 0 Å². The fourth-order valence-corrected chi connectivity index (χ4v) is 3.72. The molecule has 194 valence electrons. The van der Waals surface area contributed by atoms with Crippen LogP contribution < -0.4 is 11.1 Å². The second kappa shape index (κ2) is 13.1. The summed E-state index contributed by atoms with van der Waals surface area (Å²) in [6, 6.07) is 18.4. The van der Waals surface area contributed by atoms with Crippen molar-refractivity contribution in [3.8, 4) is 11.1 Å². The number of benzene rings is 2. The zero-order valence-corrected chi connectivity index (χ0v) is 20.7. The van der Waals surface area contributed by atoms with Crippen molar-refractivity contribution >= 4 is 23.6 Å². The van der Waals surface area contributed by atoms with Gasteiger partial charge in [-0.2, -0.15) is 5.10 Å². The van der Waals surface area contributed by atoms with E-state index in [1.165, 1.54) is 13.0 Å². The van der Waals surface area contributed by atoms with Crippen molar-refractivity contribution in [2.45, 2.75) is 38.8 Å². The predicted octanol–water partition coefficient (Wildman–Crippen LogP) is 2.44. The maximum absolute atomic E-state index is 12.9. The third-order valence-electron chi connectivity index (χ3n) is 5.55. The van der Waals surface area contributed by atoms with Crippen LogP contribution in [0.3, 0.4) is 0 Å². The Labute approximate surface area is 214 Å². The van der Waals surface area contributed by atoms with Crippen LogP contribution in [0.15, 0.2) is 60.7 Å². The van der Waals surface area contributed by atoms with Crippen LogP contribution in [0.2, 0.25) is 0 Å². The van der Waals surface area contributed by atoms with E-state index in [4.69, 9.17) is 15.2 Å². The second-order valence-corrected chi connectivity index (χ2v) is 8.33. The number of ketones is 1. The quantitative estimate of drug-likeness (QED) is 0.250. The van der Waals surface area contributed by atoms with Gasteiger partial charge in [-0.1, -0.05) is 54.6 Å². The number of carbonyl (C=O) groups is 4. The lowest BCUT2D eigenvalue weighted by Gasteiger charge is -2.23. The molecule has 0 saturated carbocycles. The molecule has 2 atom stereocenters. The number of nitrogens with zero attached hydrogens (tertiary/aromatic N) is 1. The van der Waals surface area contributed by atoms with Gasteiger partial charge in [0.1, 0.15) is 11.4 Å². The largest absolute Gasteiger partial charge is 0.463 e. The number of aromatic amines is 1. The topological polar surface area (TPSA) is 153 Å². The van der Waals surface area contributed by atoms with Crippen LogP contribution in [0.4, 0.5) is 0 Å². The van der Waals surface area contributed by atoms with Crippen molar-refractivity contribution < 1.29 is 28.7 Å². The minimum absolute atomic E-state index is 0.0511.